The highest BCUT2D eigenvalue weighted by atomic mass is 32.1. The molecule has 0 aliphatic rings. The van der Waals surface area contributed by atoms with Gasteiger partial charge in [-0.15, -0.1) is 11.3 Å². The summed E-state index contributed by atoms with van der Waals surface area (Å²) in [5.74, 6) is -0.167. The predicted octanol–water partition coefficient (Wildman–Crippen LogP) is 3.08. The average molecular weight is 324 g/mol. The Labute approximate surface area is 138 Å². The van der Waals surface area contributed by atoms with Crippen molar-refractivity contribution in [2.24, 2.45) is 0 Å². The number of thiazole rings is 1. The lowest BCUT2D eigenvalue weighted by Gasteiger charge is -2.03. The molecule has 0 unspecified atom stereocenters. The molecule has 0 bridgehead atoms. The number of pyridine rings is 1. The van der Waals surface area contributed by atoms with Crippen LogP contribution in [0.3, 0.4) is 0 Å². The molecule has 0 aliphatic heterocycles. The van der Waals surface area contributed by atoms with Gasteiger partial charge in [-0.1, -0.05) is 36.4 Å². The van der Waals surface area contributed by atoms with E-state index in [-0.39, 0.29) is 5.91 Å². The second-order valence-electron chi connectivity index (χ2n) is 4.92. The summed E-state index contributed by atoms with van der Waals surface area (Å²) in [6, 6.07) is 13.7. The summed E-state index contributed by atoms with van der Waals surface area (Å²) >= 11 is 1.42. The van der Waals surface area contributed by atoms with Crippen molar-refractivity contribution < 1.29 is 4.79 Å². The molecule has 1 amide bonds. The fourth-order valence-corrected chi connectivity index (χ4v) is 2.70. The van der Waals surface area contributed by atoms with E-state index in [1.54, 1.807) is 17.8 Å². The van der Waals surface area contributed by atoms with Crippen molar-refractivity contribution in [1.29, 1.82) is 0 Å². The van der Waals surface area contributed by atoms with Gasteiger partial charge in [0.25, 0.3) is 5.91 Å². The van der Waals surface area contributed by atoms with Crippen LogP contribution in [0.5, 0.6) is 0 Å². The van der Waals surface area contributed by atoms with Crippen LogP contribution in [-0.4, -0.2) is 15.9 Å². The number of anilines is 1. The van der Waals surface area contributed by atoms with E-state index in [0.29, 0.717) is 18.8 Å². The molecule has 2 heterocycles. The number of aromatic nitrogens is 2. The van der Waals surface area contributed by atoms with E-state index in [2.05, 4.69) is 20.6 Å². The largest absolute Gasteiger partial charge is 0.357 e. The lowest BCUT2D eigenvalue weighted by atomic mass is 10.2. The summed E-state index contributed by atoms with van der Waals surface area (Å²) in [5, 5.41) is 8.54. The monoisotopic (exact) mass is 324 g/mol. The Morgan fingerprint density at radius 1 is 1.04 bits per heavy atom. The van der Waals surface area contributed by atoms with Crippen molar-refractivity contribution >= 4 is 22.4 Å². The number of nitrogens with zero attached hydrogens (tertiary/aromatic N) is 2. The van der Waals surface area contributed by atoms with E-state index in [4.69, 9.17) is 0 Å². The number of amides is 1. The van der Waals surface area contributed by atoms with Gasteiger partial charge in [0, 0.05) is 30.9 Å². The molecule has 0 aliphatic carbocycles. The van der Waals surface area contributed by atoms with E-state index in [1.807, 2.05) is 42.5 Å². The van der Waals surface area contributed by atoms with Gasteiger partial charge in [-0.2, -0.15) is 0 Å². The Kier molecular flexibility index (Phi) is 4.95. The second kappa shape index (κ2) is 7.51. The molecule has 0 atom stereocenters. The maximum atomic E-state index is 12.1. The number of carbonyl (C=O) groups excluding carboxylic acids is 1. The van der Waals surface area contributed by atoms with Gasteiger partial charge in [0.1, 0.15) is 5.69 Å². The van der Waals surface area contributed by atoms with Crippen LogP contribution in [0.1, 0.15) is 21.6 Å². The molecule has 0 saturated heterocycles. The molecule has 23 heavy (non-hydrogen) atoms. The van der Waals surface area contributed by atoms with E-state index >= 15 is 0 Å². The van der Waals surface area contributed by atoms with E-state index in [1.165, 1.54) is 11.3 Å². The van der Waals surface area contributed by atoms with Gasteiger partial charge in [0.2, 0.25) is 0 Å². The fourth-order valence-electron chi connectivity index (χ4n) is 2.01. The Morgan fingerprint density at radius 2 is 1.87 bits per heavy atom. The minimum atomic E-state index is -0.167. The molecule has 1 aromatic carbocycles. The van der Waals surface area contributed by atoms with E-state index < -0.39 is 0 Å². The third kappa shape index (κ3) is 4.37. The quantitative estimate of drug-likeness (QED) is 0.731. The maximum absolute atomic E-state index is 12.1. The summed E-state index contributed by atoms with van der Waals surface area (Å²) in [6.45, 7) is 1.13. The standard InChI is InChI=1S/C17H16N4OS/c22-16(19-10-13-5-2-1-3-6-13)15-12-23-17(21-15)20-11-14-7-4-8-18-9-14/h1-9,12H,10-11H2,(H,19,22)(H,20,21). The highest BCUT2D eigenvalue weighted by Gasteiger charge is 2.10. The first-order chi connectivity index (χ1) is 11.3. The summed E-state index contributed by atoms with van der Waals surface area (Å²) in [5.41, 5.74) is 2.56. The number of rotatable bonds is 6. The Balaban J connectivity index is 1.53. The molecular formula is C17H16N4OS. The minimum absolute atomic E-state index is 0.167. The third-order valence-corrected chi connectivity index (χ3v) is 4.00. The van der Waals surface area contributed by atoms with Crippen LogP contribution < -0.4 is 10.6 Å². The summed E-state index contributed by atoms with van der Waals surface area (Å²) in [6.07, 6.45) is 3.54. The van der Waals surface area contributed by atoms with Gasteiger partial charge in [0.05, 0.1) is 0 Å². The van der Waals surface area contributed by atoms with Crippen LogP contribution in [0.25, 0.3) is 0 Å². The van der Waals surface area contributed by atoms with Gasteiger partial charge in [-0.3, -0.25) is 9.78 Å². The highest BCUT2D eigenvalue weighted by molar-refractivity contribution is 7.13. The number of benzene rings is 1. The first kappa shape index (κ1) is 15.2. The van der Waals surface area contributed by atoms with Crippen LogP contribution in [0.4, 0.5) is 5.13 Å². The van der Waals surface area contributed by atoms with Gasteiger partial charge < -0.3 is 10.6 Å². The van der Waals surface area contributed by atoms with Gasteiger partial charge in [-0.05, 0) is 17.2 Å². The zero-order valence-electron chi connectivity index (χ0n) is 12.4. The van der Waals surface area contributed by atoms with Crippen molar-refractivity contribution in [3.05, 3.63) is 77.1 Å². The zero-order valence-corrected chi connectivity index (χ0v) is 13.2. The van der Waals surface area contributed by atoms with Crippen molar-refractivity contribution in [2.75, 3.05) is 5.32 Å². The summed E-state index contributed by atoms with van der Waals surface area (Å²) in [7, 11) is 0. The molecule has 5 nitrogen and oxygen atoms in total. The second-order valence-corrected chi connectivity index (χ2v) is 5.78. The molecule has 0 fully saturated rings. The SMILES string of the molecule is O=C(NCc1ccccc1)c1csc(NCc2cccnc2)n1. The highest BCUT2D eigenvalue weighted by Crippen LogP contribution is 2.16. The van der Waals surface area contributed by atoms with Crippen LogP contribution in [0.15, 0.2) is 60.2 Å². The molecule has 0 radical (unpaired) electrons. The molecular weight excluding hydrogens is 308 g/mol. The summed E-state index contributed by atoms with van der Waals surface area (Å²) in [4.78, 5) is 20.5. The van der Waals surface area contributed by atoms with Crippen molar-refractivity contribution in [1.82, 2.24) is 15.3 Å². The zero-order chi connectivity index (χ0) is 15.9. The number of nitrogens with one attached hydrogen (secondary N) is 2. The normalized spacial score (nSPS) is 10.3. The number of hydrogen-bond acceptors (Lipinski definition) is 5. The van der Waals surface area contributed by atoms with E-state index in [0.717, 1.165) is 16.3 Å². The first-order valence-electron chi connectivity index (χ1n) is 7.22. The third-order valence-electron chi connectivity index (χ3n) is 3.20. The molecule has 3 aromatic rings. The molecule has 6 heteroatoms. The van der Waals surface area contributed by atoms with Gasteiger partial charge in [-0.25, -0.2) is 4.98 Å². The maximum Gasteiger partial charge on any atom is 0.271 e. The van der Waals surface area contributed by atoms with Crippen LogP contribution in [0, 0.1) is 0 Å². The molecule has 116 valence electrons. The Bertz CT molecular complexity index is 759. The van der Waals surface area contributed by atoms with Crippen molar-refractivity contribution in [3.63, 3.8) is 0 Å². The molecule has 0 saturated carbocycles. The number of carbonyl (C=O) groups is 1. The lowest BCUT2D eigenvalue weighted by Crippen LogP contribution is -2.23. The lowest BCUT2D eigenvalue weighted by molar-refractivity contribution is 0.0946. The van der Waals surface area contributed by atoms with Crippen LogP contribution in [-0.2, 0) is 13.1 Å². The van der Waals surface area contributed by atoms with Gasteiger partial charge >= 0.3 is 0 Å². The Hall–Kier alpha value is -2.73. The fraction of sp³-hybridized carbons (Fsp3) is 0.118. The van der Waals surface area contributed by atoms with Crippen molar-refractivity contribution in [3.8, 4) is 0 Å². The summed E-state index contributed by atoms with van der Waals surface area (Å²) < 4.78 is 0. The molecule has 3 rings (SSSR count). The first-order valence-corrected chi connectivity index (χ1v) is 8.09. The minimum Gasteiger partial charge on any atom is -0.357 e. The van der Waals surface area contributed by atoms with Crippen LogP contribution >= 0.6 is 11.3 Å². The van der Waals surface area contributed by atoms with Gasteiger partial charge in [0.15, 0.2) is 5.13 Å². The molecule has 0 spiro atoms. The number of hydrogen-bond donors (Lipinski definition) is 2. The Morgan fingerprint density at radius 3 is 2.65 bits per heavy atom. The van der Waals surface area contributed by atoms with E-state index in [9.17, 15) is 4.79 Å². The predicted molar refractivity (Wildman–Crippen MR) is 91.3 cm³/mol. The molecule has 2 aromatic heterocycles. The molecule has 2 N–H and O–H groups in total. The van der Waals surface area contributed by atoms with Crippen molar-refractivity contribution in [2.45, 2.75) is 13.1 Å². The van der Waals surface area contributed by atoms with Crippen LogP contribution in [0.2, 0.25) is 0 Å². The topological polar surface area (TPSA) is 66.9 Å². The average Bonchev–Trinajstić information content (AvgIpc) is 3.09. The smallest absolute Gasteiger partial charge is 0.271 e.